The topological polar surface area (TPSA) is 63.4 Å². The summed E-state index contributed by atoms with van der Waals surface area (Å²) < 4.78 is 10.6. The largest absolute Gasteiger partial charge is 0.454 e. The van der Waals surface area contributed by atoms with Crippen LogP contribution in [0.15, 0.2) is 48.7 Å². The Bertz CT molecular complexity index is 885. The van der Waals surface area contributed by atoms with E-state index in [1.54, 1.807) is 6.07 Å². The molecule has 3 aromatic rings. The maximum absolute atomic E-state index is 12.1. The molecule has 4 rings (SSSR count). The van der Waals surface area contributed by atoms with Crippen molar-refractivity contribution in [3.05, 3.63) is 54.2 Å². The highest BCUT2D eigenvalue weighted by Gasteiger charge is 2.14. The van der Waals surface area contributed by atoms with Gasteiger partial charge in [-0.3, -0.25) is 4.79 Å². The van der Waals surface area contributed by atoms with Crippen LogP contribution >= 0.6 is 0 Å². The van der Waals surface area contributed by atoms with Crippen LogP contribution in [-0.2, 0) is 11.2 Å². The number of benzene rings is 2. The molecule has 0 spiro atoms. The Morgan fingerprint density at radius 3 is 2.96 bits per heavy atom. The summed E-state index contributed by atoms with van der Waals surface area (Å²) in [5, 5.41) is 4.14. The molecule has 0 saturated heterocycles. The maximum Gasteiger partial charge on any atom is 0.231 e. The number of aryl methyl sites for hydroxylation is 1. The summed E-state index contributed by atoms with van der Waals surface area (Å²) >= 11 is 0. The standard InChI is InChI=1S/C19H18N2O3/c22-19(21-14-8-9-17-18(10-14)24-12-23-17)7-3-4-13-11-20-16-6-2-1-5-15(13)16/h1-2,5-6,8-11,20H,3-4,7,12H2,(H,21,22). The van der Waals surface area contributed by atoms with Gasteiger partial charge in [0.05, 0.1) is 0 Å². The molecule has 0 atom stereocenters. The average molecular weight is 322 g/mol. The molecular weight excluding hydrogens is 304 g/mol. The molecule has 1 aliphatic heterocycles. The van der Waals surface area contributed by atoms with E-state index in [1.807, 2.05) is 30.5 Å². The van der Waals surface area contributed by atoms with E-state index in [1.165, 1.54) is 10.9 Å². The molecule has 2 heterocycles. The molecule has 2 N–H and O–H groups in total. The highest BCUT2D eigenvalue weighted by molar-refractivity contribution is 5.91. The Kier molecular flexibility index (Phi) is 3.83. The monoisotopic (exact) mass is 322 g/mol. The van der Waals surface area contributed by atoms with Gasteiger partial charge in [-0.25, -0.2) is 0 Å². The molecule has 5 heteroatoms. The lowest BCUT2D eigenvalue weighted by molar-refractivity contribution is -0.116. The molecule has 122 valence electrons. The fourth-order valence-electron chi connectivity index (χ4n) is 2.98. The number of carbonyl (C=O) groups is 1. The first-order valence-corrected chi connectivity index (χ1v) is 8.04. The number of ether oxygens (including phenoxy) is 2. The minimum atomic E-state index is 0.00806. The van der Waals surface area contributed by atoms with Crippen molar-refractivity contribution in [1.82, 2.24) is 4.98 Å². The molecule has 24 heavy (non-hydrogen) atoms. The second kappa shape index (κ2) is 6.28. The zero-order valence-electron chi connectivity index (χ0n) is 13.2. The van der Waals surface area contributed by atoms with Gasteiger partial charge in [0.15, 0.2) is 11.5 Å². The van der Waals surface area contributed by atoms with Crippen LogP contribution < -0.4 is 14.8 Å². The zero-order valence-corrected chi connectivity index (χ0v) is 13.2. The predicted molar refractivity (Wildman–Crippen MR) is 92.4 cm³/mol. The van der Waals surface area contributed by atoms with E-state index in [9.17, 15) is 4.79 Å². The van der Waals surface area contributed by atoms with Crippen LogP contribution in [0.2, 0.25) is 0 Å². The van der Waals surface area contributed by atoms with Crippen molar-refractivity contribution >= 4 is 22.5 Å². The van der Waals surface area contributed by atoms with Gasteiger partial charge >= 0.3 is 0 Å². The van der Waals surface area contributed by atoms with Crippen molar-refractivity contribution in [3.8, 4) is 11.5 Å². The molecular formula is C19H18N2O3. The third-order valence-corrected chi connectivity index (χ3v) is 4.18. The van der Waals surface area contributed by atoms with Gasteiger partial charge in [-0.1, -0.05) is 18.2 Å². The molecule has 1 aliphatic rings. The molecule has 1 amide bonds. The summed E-state index contributed by atoms with van der Waals surface area (Å²) in [5.74, 6) is 1.40. The van der Waals surface area contributed by atoms with Crippen LogP contribution in [0, 0.1) is 0 Å². The highest BCUT2D eigenvalue weighted by atomic mass is 16.7. The fourth-order valence-corrected chi connectivity index (χ4v) is 2.98. The van der Waals surface area contributed by atoms with E-state index in [4.69, 9.17) is 9.47 Å². The summed E-state index contributed by atoms with van der Waals surface area (Å²) in [6.07, 6.45) is 4.19. The smallest absolute Gasteiger partial charge is 0.231 e. The van der Waals surface area contributed by atoms with Gasteiger partial charge in [-0.2, -0.15) is 0 Å². The fraction of sp³-hybridized carbons (Fsp3) is 0.211. The molecule has 0 bridgehead atoms. The first kappa shape index (κ1) is 14.6. The second-order valence-corrected chi connectivity index (χ2v) is 5.83. The quantitative estimate of drug-likeness (QED) is 0.750. The Balaban J connectivity index is 1.32. The van der Waals surface area contributed by atoms with E-state index in [2.05, 4.69) is 22.4 Å². The summed E-state index contributed by atoms with van der Waals surface area (Å²) in [6, 6.07) is 13.6. The maximum atomic E-state index is 12.1. The number of nitrogens with one attached hydrogen (secondary N) is 2. The molecule has 2 aromatic carbocycles. The molecule has 0 aliphatic carbocycles. The summed E-state index contributed by atoms with van der Waals surface area (Å²) in [7, 11) is 0. The number of rotatable bonds is 5. The lowest BCUT2D eigenvalue weighted by Crippen LogP contribution is -2.11. The SMILES string of the molecule is O=C(CCCc1c[nH]c2ccccc12)Nc1ccc2c(c1)OCO2. The molecule has 1 aromatic heterocycles. The van der Waals surface area contributed by atoms with Gasteiger partial charge in [0.25, 0.3) is 0 Å². The summed E-state index contributed by atoms with van der Waals surface area (Å²) in [5.41, 5.74) is 3.12. The molecule has 0 saturated carbocycles. The van der Waals surface area contributed by atoms with Crippen molar-refractivity contribution in [2.24, 2.45) is 0 Å². The molecule has 0 fully saturated rings. The van der Waals surface area contributed by atoms with Crippen molar-refractivity contribution in [2.75, 3.05) is 12.1 Å². The van der Waals surface area contributed by atoms with Crippen molar-refractivity contribution < 1.29 is 14.3 Å². The van der Waals surface area contributed by atoms with Crippen LogP contribution in [0.25, 0.3) is 10.9 Å². The van der Waals surface area contributed by atoms with Crippen LogP contribution in [0.4, 0.5) is 5.69 Å². The van der Waals surface area contributed by atoms with Crippen molar-refractivity contribution in [2.45, 2.75) is 19.3 Å². The number of carbonyl (C=O) groups excluding carboxylic acids is 1. The first-order chi connectivity index (χ1) is 11.8. The lowest BCUT2D eigenvalue weighted by Gasteiger charge is -2.06. The zero-order chi connectivity index (χ0) is 16.4. The average Bonchev–Trinajstić information content (AvgIpc) is 3.21. The lowest BCUT2D eigenvalue weighted by atomic mass is 10.1. The number of aromatic nitrogens is 1. The number of anilines is 1. The highest BCUT2D eigenvalue weighted by Crippen LogP contribution is 2.34. The second-order valence-electron chi connectivity index (χ2n) is 5.83. The Labute approximate surface area is 139 Å². The van der Waals surface area contributed by atoms with Gasteiger partial charge in [-0.05, 0) is 36.6 Å². The Hall–Kier alpha value is -2.95. The van der Waals surface area contributed by atoms with E-state index < -0.39 is 0 Å². The van der Waals surface area contributed by atoms with Gasteiger partial charge in [0.2, 0.25) is 12.7 Å². The number of para-hydroxylation sites is 1. The first-order valence-electron chi connectivity index (χ1n) is 8.04. The minimum Gasteiger partial charge on any atom is -0.454 e. The van der Waals surface area contributed by atoms with Crippen molar-refractivity contribution in [3.63, 3.8) is 0 Å². The normalized spacial score (nSPS) is 12.5. The number of amides is 1. The molecule has 5 nitrogen and oxygen atoms in total. The number of hydrogen-bond acceptors (Lipinski definition) is 3. The number of hydrogen-bond donors (Lipinski definition) is 2. The van der Waals surface area contributed by atoms with Crippen molar-refractivity contribution in [1.29, 1.82) is 0 Å². The van der Waals surface area contributed by atoms with Crippen LogP contribution in [0.1, 0.15) is 18.4 Å². The third kappa shape index (κ3) is 2.93. The van der Waals surface area contributed by atoms with E-state index in [0.717, 1.165) is 24.0 Å². The summed E-state index contributed by atoms with van der Waals surface area (Å²) in [4.78, 5) is 15.4. The number of H-pyrrole nitrogens is 1. The van der Waals surface area contributed by atoms with E-state index in [-0.39, 0.29) is 12.7 Å². The van der Waals surface area contributed by atoms with E-state index in [0.29, 0.717) is 17.9 Å². The van der Waals surface area contributed by atoms with Crippen LogP contribution in [0.3, 0.4) is 0 Å². The summed E-state index contributed by atoms with van der Waals surface area (Å²) in [6.45, 7) is 0.233. The van der Waals surface area contributed by atoms with E-state index >= 15 is 0 Å². The van der Waals surface area contributed by atoms with Gasteiger partial charge in [0, 0.05) is 35.3 Å². The predicted octanol–water partition coefficient (Wildman–Crippen LogP) is 3.86. The minimum absolute atomic E-state index is 0.00806. The Morgan fingerprint density at radius 1 is 1.12 bits per heavy atom. The van der Waals surface area contributed by atoms with Gasteiger partial charge < -0.3 is 19.8 Å². The van der Waals surface area contributed by atoms with Gasteiger partial charge in [-0.15, -0.1) is 0 Å². The number of aromatic amines is 1. The van der Waals surface area contributed by atoms with Crippen LogP contribution in [0.5, 0.6) is 11.5 Å². The van der Waals surface area contributed by atoms with Gasteiger partial charge in [0.1, 0.15) is 0 Å². The Morgan fingerprint density at radius 2 is 2.00 bits per heavy atom. The van der Waals surface area contributed by atoms with Crippen LogP contribution in [-0.4, -0.2) is 17.7 Å². The number of fused-ring (bicyclic) bond motifs is 2. The third-order valence-electron chi connectivity index (χ3n) is 4.18. The molecule has 0 radical (unpaired) electrons. The molecule has 0 unspecified atom stereocenters.